The summed E-state index contributed by atoms with van der Waals surface area (Å²) < 4.78 is 11.0. The molecule has 1 heterocycles. The van der Waals surface area contributed by atoms with Gasteiger partial charge < -0.3 is 20.1 Å². The predicted molar refractivity (Wildman–Crippen MR) is 141 cm³/mol. The third-order valence-corrected chi connectivity index (χ3v) is 9.89. The Morgan fingerprint density at radius 3 is 2.17 bits per heavy atom. The quantitative estimate of drug-likeness (QED) is 0.574. The van der Waals surface area contributed by atoms with E-state index < -0.39 is 0 Å². The summed E-state index contributed by atoms with van der Waals surface area (Å²) in [5, 5.41) is 0. The number of benzene rings is 1. The Hall–Kier alpha value is -2.28. The van der Waals surface area contributed by atoms with Crippen LogP contribution in [0.1, 0.15) is 63.7 Å². The first kappa shape index (κ1) is 26.8. The Labute approximate surface area is 216 Å². The van der Waals surface area contributed by atoms with Crippen LogP contribution >= 0.6 is 0 Å². The highest BCUT2D eigenvalue weighted by Gasteiger charge is 2.58. The smallest absolute Gasteiger partial charge is 0.314 e. The van der Waals surface area contributed by atoms with E-state index in [0.29, 0.717) is 42.0 Å². The van der Waals surface area contributed by atoms with Crippen molar-refractivity contribution in [2.75, 3.05) is 46.9 Å². The Morgan fingerprint density at radius 2 is 1.61 bits per heavy atom. The third kappa shape index (κ3) is 4.96. The number of Topliss-reactive ketones (excluding diaryl/α,β-unsaturated/α-hetero) is 1. The number of carbonyl (C=O) groups excluding carboxylic acids is 2. The monoisotopic (exact) mass is 499 g/mol. The molecule has 2 amide bonds. The highest BCUT2D eigenvalue weighted by Crippen LogP contribution is 2.63. The lowest BCUT2D eigenvalue weighted by Gasteiger charge is -2.61. The van der Waals surface area contributed by atoms with Gasteiger partial charge in [0.15, 0.2) is 5.78 Å². The molecule has 1 saturated heterocycles. The number of nitrogens with two attached hydrogens (primary N) is 1. The van der Waals surface area contributed by atoms with E-state index in [4.69, 9.17) is 15.2 Å². The van der Waals surface area contributed by atoms with Crippen molar-refractivity contribution in [3.8, 4) is 11.5 Å². The van der Waals surface area contributed by atoms with Gasteiger partial charge in [-0.05, 0) is 60.0 Å². The number of primary amides is 1. The zero-order valence-electron chi connectivity index (χ0n) is 23.0. The van der Waals surface area contributed by atoms with E-state index in [9.17, 15) is 9.59 Å². The molecule has 4 rings (SSSR count). The maximum Gasteiger partial charge on any atom is 0.314 e. The SMILES string of the molecule is COc1cc(OC)cc(C(=O)[C@H]2[C@@H](C)[C@H](CN3CCN(C(N)=O)CC3)C[C@H]3C(C)(C)CCC[C@]23C)c1. The van der Waals surface area contributed by atoms with Crippen molar-refractivity contribution in [1.82, 2.24) is 9.80 Å². The molecule has 2 aliphatic carbocycles. The minimum absolute atomic E-state index is 0.0459. The number of fused-ring (bicyclic) bond motifs is 1. The molecule has 1 aromatic rings. The van der Waals surface area contributed by atoms with Crippen LogP contribution in [0, 0.1) is 34.5 Å². The molecule has 36 heavy (non-hydrogen) atoms. The molecule has 0 bridgehead atoms. The van der Waals surface area contributed by atoms with Crippen LogP contribution in [-0.2, 0) is 0 Å². The Morgan fingerprint density at radius 1 is 1.00 bits per heavy atom. The lowest BCUT2D eigenvalue weighted by Crippen LogP contribution is -2.58. The van der Waals surface area contributed by atoms with Gasteiger partial charge in [0.05, 0.1) is 14.2 Å². The van der Waals surface area contributed by atoms with Crippen LogP contribution in [0.25, 0.3) is 0 Å². The number of urea groups is 1. The molecule has 7 heteroatoms. The number of carbonyl (C=O) groups is 2. The number of nitrogens with zero attached hydrogens (tertiary/aromatic N) is 2. The number of ether oxygens (including phenoxy) is 2. The minimum atomic E-state index is -0.334. The molecule has 0 spiro atoms. The van der Waals surface area contributed by atoms with Crippen molar-refractivity contribution in [1.29, 1.82) is 0 Å². The third-order valence-electron chi connectivity index (χ3n) is 9.89. The first-order valence-corrected chi connectivity index (χ1v) is 13.5. The van der Waals surface area contributed by atoms with Crippen LogP contribution in [0.3, 0.4) is 0 Å². The van der Waals surface area contributed by atoms with Gasteiger partial charge in [0.25, 0.3) is 0 Å². The topological polar surface area (TPSA) is 85.1 Å². The van der Waals surface area contributed by atoms with E-state index in [1.165, 1.54) is 6.42 Å². The Balaban J connectivity index is 1.66. The summed E-state index contributed by atoms with van der Waals surface area (Å²) in [6.45, 7) is 13.5. The van der Waals surface area contributed by atoms with Gasteiger partial charge in [-0.1, -0.05) is 34.1 Å². The van der Waals surface area contributed by atoms with Gasteiger partial charge in [-0.25, -0.2) is 4.79 Å². The molecule has 200 valence electrons. The van der Waals surface area contributed by atoms with Gasteiger partial charge in [-0.15, -0.1) is 0 Å². The first-order valence-electron chi connectivity index (χ1n) is 13.5. The second kappa shape index (κ2) is 10.2. The summed E-state index contributed by atoms with van der Waals surface area (Å²) in [6, 6.07) is 5.23. The van der Waals surface area contributed by atoms with Gasteiger partial charge in [0, 0.05) is 50.3 Å². The maximum absolute atomic E-state index is 14.4. The Bertz CT molecular complexity index is 949. The first-order chi connectivity index (χ1) is 17.0. The number of methoxy groups -OCH3 is 2. The van der Waals surface area contributed by atoms with E-state index in [1.54, 1.807) is 19.1 Å². The molecule has 0 aromatic heterocycles. The fourth-order valence-electron chi connectivity index (χ4n) is 7.91. The van der Waals surface area contributed by atoms with E-state index in [0.717, 1.165) is 38.9 Å². The largest absolute Gasteiger partial charge is 0.497 e. The van der Waals surface area contributed by atoms with Crippen molar-refractivity contribution in [2.45, 2.75) is 53.4 Å². The molecule has 5 atom stereocenters. The molecule has 3 aliphatic rings. The lowest BCUT2D eigenvalue weighted by molar-refractivity contribution is -0.106. The van der Waals surface area contributed by atoms with Gasteiger partial charge in [0.2, 0.25) is 0 Å². The van der Waals surface area contributed by atoms with Gasteiger partial charge in [-0.3, -0.25) is 9.69 Å². The normalized spacial score (nSPS) is 32.4. The van der Waals surface area contributed by atoms with Gasteiger partial charge in [-0.2, -0.15) is 0 Å². The van der Waals surface area contributed by atoms with Crippen LogP contribution in [0.4, 0.5) is 4.79 Å². The number of hydrogen-bond acceptors (Lipinski definition) is 5. The van der Waals surface area contributed by atoms with Crippen molar-refractivity contribution < 1.29 is 19.1 Å². The highest BCUT2D eigenvalue weighted by atomic mass is 16.5. The van der Waals surface area contributed by atoms with E-state index in [2.05, 4.69) is 32.6 Å². The molecule has 7 nitrogen and oxygen atoms in total. The van der Waals surface area contributed by atoms with Crippen LogP contribution in [0.2, 0.25) is 0 Å². The standard InChI is InChI=1S/C29H45N3O4/c1-19-21(18-31-10-12-32(13-11-31)27(30)34)16-24-28(2,3)8-7-9-29(24,4)25(19)26(33)20-14-22(35-5)17-23(15-20)36-6/h14-15,17,19,21,24-25H,7-13,16,18H2,1-6H3,(H2,30,34)/t19-,21-,24-,25+,29-/m0/s1. The molecular formula is C29H45N3O4. The zero-order chi connectivity index (χ0) is 26.3. The van der Waals surface area contributed by atoms with Crippen molar-refractivity contribution in [3.05, 3.63) is 23.8 Å². The van der Waals surface area contributed by atoms with Crippen molar-refractivity contribution in [3.63, 3.8) is 0 Å². The van der Waals surface area contributed by atoms with E-state index >= 15 is 0 Å². The molecule has 0 unspecified atom stereocenters. The summed E-state index contributed by atoms with van der Waals surface area (Å²) in [4.78, 5) is 30.2. The lowest BCUT2D eigenvalue weighted by atomic mass is 9.44. The summed E-state index contributed by atoms with van der Waals surface area (Å²) >= 11 is 0. The number of hydrogen-bond donors (Lipinski definition) is 1. The second-order valence-corrected chi connectivity index (χ2v) is 12.3. The number of amides is 2. The highest BCUT2D eigenvalue weighted by molar-refractivity contribution is 5.99. The second-order valence-electron chi connectivity index (χ2n) is 12.3. The summed E-state index contributed by atoms with van der Waals surface area (Å²) in [5.74, 6) is 2.60. The Kier molecular flexibility index (Phi) is 7.61. The molecule has 0 radical (unpaired) electrons. The average molecular weight is 500 g/mol. The predicted octanol–water partition coefficient (Wildman–Crippen LogP) is 4.69. The molecule has 3 fully saturated rings. The minimum Gasteiger partial charge on any atom is -0.497 e. The molecule has 2 saturated carbocycles. The number of rotatable bonds is 6. The van der Waals surface area contributed by atoms with Gasteiger partial charge >= 0.3 is 6.03 Å². The summed E-state index contributed by atoms with van der Waals surface area (Å²) in [7, 11) is 3.25. The molecule has 2 N–H and O–H groups in total. The summed E-state index contributed by atoms with van der Waals surface area (Å²) in [5.41, 5.74) is 6.33. The molecular weight excluding hydrogens is 454 g/mol. The average Bonchev–Trinajstić information content (AvgIpc) is 2.84. The molecule has 1 aliphatic heterocycles. The number of ketones is 1. The fourth-order valence-corrected chi connectivity index (χ4v) is 7.91. The van der Waals surface area contributed by atoms with Crippen LogP contribution in [-0.4, -0.2) is 68.6 Å². The van der Waals surface area contributed by atoms with Crippen molar-refractivity contribution >= 4 is 11.8 Å². The maximum atomic E-state index is 14.4. The van der Waals surface area contributed by atoms with Crippen LogP contribution < -0.4 is 15.2 Å². The van der Waals surface area contributed by atoms with Crippen LogP contribution in [0.15, 0.2) is 18.2 Å². The van der Waals surface area contributed by atoms with Crippen molar-refractivity contribution in [2.24, 2.45) is 40.2 Å². The zero-order valence-corrected chi connectivity index (χ0v) is 23.0. The van der Waals surface area contributed by atoms with E-state index in [1.807, 2.05) is 18.2 Å². The fraction of sp³-hybridized carbons (Fsp3) is 0.724. The molecule has 1 aromatic carbocycles. The number of piperazine rings is 1. The van der Waals surface area contributed by atoms with Gasteiger partial charge in [0.1, 0.15) is 11.5 Å². The van der Waals surface area contributed by atoms with E-state index in [-0.39, 0.29) is 34.5 Å². The summed E-state index contributed by atoms with van der Waals surface area (Å²) in [6.07, 6.45) is 4.61. The van der Waals surface area contributed by atoms with Crippen LogP contribution in [0.5, 0.6) is 11.5 Å².